The van der Waals surface area contributed by atoms with Crippen LogP contribution in [-0.2, 0) is 12.8 Å². The SMILES string of the molecule is Cc1nn2c(Nc3ccccc3)c3c(nc2c1-c1ccccc1)CCCC3. The fourth-order valence-electron chi connectivity index (χ4n) is 4.03. The third-order valence-corrected chi connectivity index (χ3v) is 5.31. The summed E-state index contributed by atoms with van der Waals surface area (Å²) < 4.78 is 2.01. The van der Waals surface area contributed by atoms with E-state index in [-0.39, 0.29) is 0 Å². The second kappa shape index (κ2) is 6.54. The lowest BCUT2D eigenvalue weighted by Gasteiger charge is -2.20. The summed E-state index contributed by atoms with van der Waals surface area (Å²) in [5, 5.41) is 8.51. The quantitative estimate of drug-likeness (QED) is 0.541. The number of para-hydroxylation sites is 1. The van der Waals surface area contributed by atoms with Gasteiger partial charge in [0.25, 0.3) is 0 Å². The molecule has 2 aromatic carbocycles. The summed E-state index contributed by atoms with van der Waals surface area (Å²) in [6, 6.07) is 20.8. The van der Waals surface area contributed by atoms with E-state index in [4.69, 9.17) is 10.1 Å². The summed E-state index contributed by atoms with van der Waals surface area (Å²) in [5.74, 6) is 1.06. The van der Waals surface area contributed by atoms with E-state index in [1.54, 1.807) is 0 Å². The Bertz CT molecular complexity index is 1100. The van der Waals surface area contributed by atoms with Crippen molar-refractivity contribution in [1.82, 2.24) is 14.6 Å². The maximum Gasteiger partial charge on any atom is 0.165 e. The van der Waals surface area contributed by atoms with E-state index in [0.717, 1.165) is 41.3 Å². The van der Waals surface area contributed by atoms with Crippen molar-refractivity contribution in [1.29, 1.82) is 0 Å². The van der Waals surface area contributed by atoms with Crippen molar-refractivity contribution in [2.45, 2.75) is 32.6 Å². The fourth-order valence-corrected chi connectivity index (χ4v) is 4.03. The van der Waals surface area contributed by atoms with Crippen molar-refractivity contribution in [2.75, 3.05) is 5.32 Å². The number of fused-ring (bicyclic) bond motifs is 2. The predicted octanol–water partition coefficient (Wildman–Crippen LogP) is 5.33. The second-order valence-electron chi connectivity index (χ2n) is 7.15. The lowest BCUT2D eigenvalue weighted by molar-refractivity contribution is 0.662. The van der Waals surface area contributed by atoms with Gasteiger partial charge in [-0.2, -0.15) is 9.61 Å². The van der Waals surface area contributed by atoms with Gasteiger partial charge in [0.15, 0.2) is 5.65 Å². The largest absolute Gasteiger partial charge is 0.340 e. The summed E-state index contributed by atoms with van der Waals surface area (Å²) >= 11 is 0. The molecule has 0 saturated heterocycles. The van der Waals surface area contributed by atoms with Crippen molar-refractivity contribution in [3.63, 3.8) is 0 Å². The van der Waals surface area contributed by atoms with Crippen LogP contribution in [0, 0.1) is 6.92 Å². The van der Waals surface area contributed by atoms with Crippen LogP contribution in [0.1, 0.15) is 29.8 Å². The van der Waals surface area contributed by atoms with Crippen molar-refractivity contribution in [3.05, 3.63) is 77.6 Å². The van der Waals surface area contributed by atoms with Gasteiger partial charge in [0.1, 0.15) is 5.82 Å². The average molecular weight is 354 g/mol. The van der Waals surface area contributed by atoms with Gasteiger partial charge in [-0.05, 0) is 50.3 Å². The molecule has 0 unspecified atom stereocenters. The molecule has 5 rings (SSSR count). The number of nitrogens with one attached hydrogen (secondary N) is 1. The molecule has 4 nitrogen and oxygen atoms in total. The molecule has 0 spiro atoms. The maximum atomic E-state index is 5.08. The van der Waals surface area contributed by atoms with Gasteiger partial charge in [0, 0.05) is 22.5 Å². The van der Waals surface area contributed by atoms with Crippen LogP contribution < -0.4 is 5.32 Å². The second-order valence-corrected chi connectivity index (χ2v) is 7.15. The van der Waals surface area contributed by atoms with Crippen LogP contribution in [0.3, 0.4) is 0 Å². The van der Waals surface area contributed by atoms with E-state index in [9.17, 15) is 0 Å². The molecule has 0 saturated carbocycles. The Morgan fingerprint density at radius 3 is 2.37 bits per heavy atom. The Balaban J connectivity index is 1.77. The predicted molar refractivity (Wildman–Crippen MR) is 110 cm³/mol. The number of rotatable bonds is 3. The molecular weight excluding hydrogens is 332 g/mol. The molecule has 0 amide bonds. The third-order valence-electron chi connectivity index (χ3n) is 5.31. The molecule has 4 aromatic rings. The normalized spacial score (nSPS) is 13.5. The number of aryl methyl sites for hydroxylation is 2. The first-order chi connectivity index (χ1) is 13.3. The highest BCUT2D eigenvalue weighted by Crippen LogP contribution is 2.34. The van der Waals surface area contributed by atoms with Gasteiger partial charge in [-0.25, -0.2) is 4.98 Å². The zero-order chi connectivity index (χ0) is 18.2. The minimum absolute atomic E-state index is 0.942. The van der Waals surface area contributed by atoms with Gasteiger partial charge in [-0.3, -0.25) is 0 Å². The monoisotopic (exact) mass is 354 g/mol. The van der Waals surface area contributed by atoms with Crippen molar-refractivity contribution < 1.29 is 0 Å². The first-order valence-corrected chi connectivity index (χ1v) is 9.60. The van der Waals surface area contributed by atoms with E-state index in [1.165, 1.54) is 29.7 Å². The fraction of sp³-hybridized carbons (Fsp3) is 0.217. The minimum atomic E-state index is 0.942. The highest BCUT2D eigenvalue weighted by molar-refractivity contribution is 5.82. The first-order valence-electron chi connectivity index (χ1n) is 9.60. The van der Waals surface area contributed by atoms with E-state index in [0.29, 0.717) is 0 Å². The molecule has 1 aliphatic carbocycles. The van der Waals surface area contributed by atoms with Crippen LogP contribution in [0.25, 0.3) is 16.8 Å². The van der Waals surface area contributed by atoms with Gasteiger partial charge in [-0.15, -0.1) is 0 Å². The summed E-state index contributed by atoms with van der Waals surface area (Å²) in [5.41, 5.74) is 7.83. The topological polar surface area (TPSA) is 42.2 Å². The van der Waals surface area contributed by atoms with Crippen molar-refractivity contribution in [3.8, 4) is 11.1 Å². The van der Waals surface area contributed by atoms with E-state index in [1.807, 2.05) is 16.6 Å². The molecule has 0 radical (unpaired) electrons. The molecule has 4 heteroatoms. The first kappa shape index (κ1) is 16.1. The van der Waals surface area contributed by atoms with Crippen molar-refractivity contribution in [2.24, 2.45) is 0 Å². The van der Waals surface area contributed by atoms with E-state index >= 15 is 0 Å². The third kappa shape index (κ3) is 2.78. The molecule has 0 fully saturated rings. The Kier molecular flexibility index (Phi) is 3.89. The van der Waals surface area contributed by atoms with Crippen LogP contribution in [0.2, 0.25) is 0 Å². The summed E-state index contributed by atoms with van der Waals surface area (Å²) in [6.45, 7) is 2.07. The van der Waals surface area contributed by atoms with Crippen LogP contribution >= 0.6 is 0 Å². The Labute approximate surface area is 158 Å². The van der Waals surface area contributed by atoms with E-state index < -0.39 is 0 Å². The number of hydrogen-bond donors (Lipinski definition) is 1. The summed E-state index contributed by atoms with van der Waals surface area (Å²) in [4.78, 5) is 5.08. The van der Waals surface area contributed by atoms with Crippen LogP contribution in [0.4, 0.5) is 11.5 Å². The molecule has 134 valence electrons. The van der Waals surface area contributed by atoms with Crippen molar-refractivity contribution >= 4 is 17.2 Å². The van der Waals surface area contributed by atoms with E-state index in [2.05, 4.69) is 60.8 Å². The molecular formula is C23H22N4. The van der Waals surface area contributed by atoms with Gasteiger partial charge >= 0.3 is 0 Å². The Hall–Kier alpha value is -3.14. The number of anilines is 2. The highest BCUT2D eigenvalue weighted by atomic mass is 15.3. The molecule has 1 N–H and O–H groups in total. The number of aromatic nitrogens is 3. The molecule has 2 aromatic heterocycles. The molecule has 0 aliphatic heterocycles. The van der Waals surface area contributed by atoms with Gasteiger partial charge in [0.05, 0.1) is 5.69 Å². The zero-order valence-corrected chi connectivity index (χ0v) is 15.4. The van der Waals surface area contributed by atoms with Crippen LogP contribution in [-0.4, -0.2) is 14.6 Å². The molecule has 1 aliphatic rings. The molecule has 27 heavy (non-hydrogen) atoms. The minimum Gasteiger partial charge on any atom is -0.340 e. The molecule has 2 heterocycles. The highest BCUT2D eigenvalue weighted by Gasteiger charge is 2.23. The summed E-state index contributed by atoms with van der Waals surface area (Å²) in [7, 11) is 0. The maximum absolute atomic E-state index is 5.08. The Morgan fingerprint density at radius 1 is 0.889 bits per heavy atom. The van der Waals surface area contributed by atoms with Gasteiger partial charge in [0.2, 0.25) is 0 Å². The number of hydrogen-bond acceptors (Lipinski definition) is 3. The smallest absolute Gasteiger partial charge is 0.165 e. The van der Waals surface area contributed by atoms with Gasteiger partial charge < -0.3 is 5.32 Å². The molecule has 0 bridgehead atoms. The zero-order valence-electron chi connectivity index (χ0n) is 15.4. The number of nitrogens with zero attached hydrogens (tertiary/aromatic N) is 3. The van der Waals surface area contributed by atoms with Gasteiger partial charge in [-0.1, -0.05) is 48.5 Å². The Morgan fingerprint density at radius 2 is 1.59 bits per heavy atom. The van der Waals surface area contributed by atoms with Crippen LogP contribution in [0.5, 0.6) is 0 Å². The lowest BCUT2D eigenvalue weighted by atomic mass is 9.96. The molecule has 0 atom stereocenters. The average Bonchev–Trinajstić information content (AvgIpc) is 3.05. The number of benzene rings is 2. The lowest BCUT2D eigenvalue weighted by Crippen LogP contribution is -2.13. The van der Waals surface area contributed by atoms with Crippen LogP contribution in [0.15, 0.2) is 60.7 Å². The standard InChI is InChI=1S/C23H22N4/c1-16-21(17-10-4-2-5-11-17)23-25-20-15-9-8-14-19(20)22(27(23)26-16)24-18-12-6-3-7-13-18/h2-7,10-13,24H,8-9,14-15H2,1H3. The summed E-state index contributed by atoms with van der Waals surface area (Å²) in [6.07, 6.45) is 4.49.